The van der Waals surface area contributed by atoms with Gasteiger partial charge in [0, 0.05) is 68.1 Å². The fourth-order valence-electron chi connectivity index (χ4n) is 11.6. The Bertz CT molecular complexity index is 3120. The van der Waals surface area contributed by atoms with Crippen molar-refractivity contribution in [1.29, 1.82) is 0 Å². The second kappa shape index (κ2) is 25.6. The molecule has 0 radical (unpaired) electrons. The van der Waals surface area contributed by atoms with E-state index in [1.54, 1.807) is 43.1 Å². The van der Waals surface area contributed by atoms with Crippen molar-refractivity contribution in [2.75, 3.05) is 70.9 Å². The number of aryl methyl sites for hydroxylation is 1. The van der Waals surface area contributed by atoms with Gasteiger partial charge in [0.1, 0.15) is 36.1 Å². The lowest BCUT2D eigenvalue weighted by molar-refractivity contribution is -0.147. The smallest absolute Gasteiger partial charge is 0.254 e. The third kappa shape index (κ3) is 13.3. The van der Waals surface area contributed by atoms with Crippen molar-refractivity contribution >= 4 is 41.0 Å². The molecule has 9 rings (SSSR count). The average Bonchev–Trinajstić information content (AvgIpc) is 4.07. The fourth-order valence-corrected chi connectivity index (χ4v) is 11.6. The highest BCUT2D eigenvalue weighted by Crippen LogP contribution is 2.43. The van der Waals surface area contributed by atoms with E-state index in [0.29, 0.717) is 61.1 Å². The van der Waals surface area contributed by atoms with E-state index in [1.807, 2.05) is 68.8 Å². The molecule has 2 aromatic heterocycles. The highest BCUT2D eigenvalue weighted by atomic mass is 19.1. The molecule has 1 aliphatic carbocycles. The minimum atomic E-state index is -0.898. The van der Waals surface area contributed by atoms with Gasteiger partial charge >= 0.3 is 0 Å². The van der Waals surface area contributed by atoms with Gasteiger partial charge in [0.15, 0.2) is 0 Å². The summed E-state index contributed by atoms with van der Waals surface area (Å²) in [6, 6.07) is 17.6. The van der Waals surface area contributed by atoms with Gasteiger partial charge in [-0.05, 0) is 123 Å². The van der Waals surface area contributed by atoms with Gasteiger partial charge < -0.3 is 55.9 Å². The molecule has 4 aliphatic rings. The topological polar surface area (TPSA) is 228 Å². The lowest BCUT2D eigenvalue weighted by Crippen LogP contribution is -2.62. The number of fused-ring (bicyclic) bond motifs is 10. The molecule has 432 valence electrons. The van der Waals surface area contributed by atoms with E-state index in [0.717, 1.165) is 71.3 Å². The van der Waals surface area contributed by atoms with E-state index in [-0.39, 0.29) is 87.6 Å². The number of nitrogens with zero attached hydrogens (tertiary/aromatic N) is 6. The van der Waals surface area contributed by atoms with Crippen molar-refractivity contribution in [3.05, 3.63) is 124 Å². The minimum absolute atomic E-state index is 0.149. The molecule has 0 saturated carbocycles. The van der Waals surface area contributed by atoms with Crippen molar-refractivity contribution < 1.29 is 42.6 Å². The predicted molar refractivity (Wildman–Crippen MR) is 306 cm³/mol. The number of hydrogen-bond acceptors (Lipinski definition) is 13. The number of nitrogens with two attached hydrogens (primary N) is 1. The molecule has 0 unspecified atom stereocenters. The highest BCUT2D eigenvalue weighted by Gasteiger charge is 2.43. The number of anilines is 2. The number of aromatic nitrogens is 3. The van der Waals surface area contributed by atoms with Crippen LogP contribution in [-0.2, 0) is 61.1 Å². The number of carbonyl (C=O) groups is 5. The molecule has 81 heavy (non-hydrogen) atoms. The molecule has 5 aromatic rings. The molecule has 3 aromatic carbocycles. The van der Waals surface area contributed by atoms with Crippen molar-refractivity contribution in [1.82, 2.24) is 45.8 Å². The molecular formula is C61H78FN11O8. The Balaban J connectivity index is 0.743. The number of hydrogen-bond donors (Lipinski definition) is 5. The Morgan fingerprint density at radius 1 is 0.901 bits per heavy atom. The number of halogens is 1. The molecule has 5 atom stereocenters. The van der Waals surface area contributed by atoms with Crippen LogP contribution in [0.3, 0.4) is 0 Å². The molecule has 5 heterocycles. The summed E-state index contributed by atoms with van der Waals surface area (Å²) in [4.78, 5) is 79.2. The van der Waals surface area contributed by atoms with Crippen molar-refractivity contribution in [2.24, 2.45) is 5.41 Å². The Morgan fingerprint density at radius 2 is 1.68 bits per heavy atom. The highest BCUT2D eigenvalue weighted by molar-refractivity contribution is 5.96. The van der Waals surface area contributed by atoms with E-state index in [1.165, 1.54) is 17.7 Å². The normalized spacial score (nSPS) is 18.4. The van der Waals surface area contributed by atoms with Gasteiger partial charge in [0.05, 0.1) is 69.0 Å². The maximum atomic E-state index is 14.7. The molecule has 20 heteroatoms. The molecule has 5 amide bonds. The first kappa shape index (κ1) is 58.2. The summed E-state index contributed by atoms with van der Waals surface area (Å²) in [7, 11) is 3.41. The molecule has 2 bridgehead atoms. The number of nitrogens with one attached hydrogen (secondary N) is 4. The first-order valence-corrected chi connectivity index (χ1v) is 28.4. The van der Waals surface area contributed by atoms with Crippen LogP contribution in [0, 0.1) is 18.2 Å². The van der Waals surface area contributed by atoms with Crippen molar-refractivity contribution in [3.8, 4) is 16.9 Å². The van der Waals surface area contributed by atoms with Crippen molar-refractivity contribution in [3.63, 3.8) is 0 Å². The SMILES string of the molecule is CN[C@@H](C)C(=O)N[C@H](C(=O)N1Cc2cc(OCCOCCOCCC(=O)NCCn3nc4c(c3C)-c3cnc(N)c(c3)N3CCC[C@@H]3c3cc(F)ccc3C(=O)N(C)C4)ccc2C[C@H]1C(=O)N[C@@H]1CCCc2ccccc21)C(C)(C)C. The third-order valence-corrected chi connectivity index (χ3v) is 16.2. The zero-order chi connectivity index (χ0) is 57.5. The average molecular weight is 1110 g/mol. The third-order valence-electron chi connectivity index (χ3n) is 16.2. The summed E-state index contributed by atoms with van der Waals surface area (Å²) < 4.78 is 34.2. The van der Waals surface area contributed by atoms with Crippen LogP contribution in [0.1, 0.15) is 121 Å². The monoisotopic (exact) mass is 1110 g/mol. The van der Waals surface area contributed by atoms with Gasteiger partial charge in [-0.1, -0.05) is 51.1 Å². The van der Waals surface area contributed by atoms with Gasteiger partial charge in [-0.3, -0.25) is 28.7 Å². The lowest BCUT2D eigenvalue weighted by atomic mass is 9.83. The van der Waals surface area contributed by atoms with E-state index in [4.69, 9.17) is 25.0 Å². The second-order valence-electron chi connectivity index (χ2n) is 22.8. The standard InChI is InChI=1S/C61H78FN11O8/c1-37(64-6)57(75)68-55(61(3,4)5)60(78)72-35-42-30-44(19-17-40(42)31-52(72)58(76)67-48-15-10-13-39-12-8-9-14-45(39)48)81-29-28-80-27-26-79-25-21-53(74)65-22-24-73-38(2)54-41-32-51(56(63)66-34-41)71-23-11-16-50(71)47-33-43(62)18-20-46(47)59(77)70(7)36-49(54)69-73/h8-9,12,14,17-20,30,32-34,37,48,50,52,55,64H,10-11,13,15-16,21-29,31,35-36H2,1-7H3,(H2,63,66)(H,65,74)(H,67,76)(H,68,75)/t37-,48+,50+,52-,55+/m0/s1. The van der Waals surface area contributed by atoms with E-state index in [2.05, 4.69) is 43.3 Å². The summed E-state index contributed by atoms with van der Waals surface area (Å²) >= 11 is 0. The molecule has 1 saturated heterocycles. The van der Waals surface area contributed by atoms with Gasteiger partial charge in [-0.15, -0.1) is 0 Å². The summed E-state index contributed by atoms with van der Waals surface area (Å²) in [5, 5.41) is 17.1. The van der Waals surface area contributed by atoms with Gasteiger partial charge in [0.2, 0.25) is 23.6 Å². The number of benzene rings is 3. The van der Waals surface area contributed by atoms with Gasteiger partial charge in [0.25, 0.3) is 5.91 Å². The maximum Gasteiger partial charge on any atom is 0.254 e. The Hall–Kier alpha value is -7.42. The molecule has 6 N–H and O–H groups in total. The number of nitrogen functional groups attached to an aromatic ring is 1. The Kier molecular flexibility index (Phi) is 18.4. The molecule has 3 aliphatic heterocycles. The largest absolute Gasteiger partial charge is 0.491 e. The van der Waals surface area contributed by atoms with Crippen LogP contribution >= 0.6 is 0 Å². The molecular weight excluding hydrogens is 1030 g/mol. The summed E-state index contributed by atoms with van der Waals surface area (Å²) in [5.41, 5.74) is 14.9. The second-order valence-corrected chi connectivity index (χ2v) is 22.8. The van der Waals surface area contributed by atoms with E-state index < -0.39 is 29.4 Å². The van der Waals surface area contributed by atoms with Crippen LogP contribution < -0.4 is 36.6 Å². The number of likely N-dealkylation sites (N-methyl/N-ethyl adjacent to an activating group) is 1. The van der Waals surface area contributed by atoms with Gasteiger partial charge in [-0.25, -0.2) is 9.37 Å². The van der Waals surface area contributed by atoms with Crippen LogP contribution in [0.2, 0.25) is 0 Å². The van der Waals surface area contributed by atoms with Crippen LogP contribution in [0.15, 0.2) is 72.9 Å². The fraction of sp³-hybridized carbons (Fsp3) is 0.492. The van der Waals surface area contributed by atoms with Crippen LogP contribution in [0.25, 0.3) is 11.1 Å². The molecule has 1 fully saturated rings. The maximum absolute atomic E-state index is 14.7. The van der Waals surface area contributed by atoms with Crippen LogP contribution in [0.5, 0.6) is 5.75 Å². The number of rotatable bonds is 19. The zero-order valence-corrected chi connectivity index (χ0v) is 47.7. The quantitative estimate of drug-likeness (QED) is 0.0590. The number of pyridine rings is 1. The number of ether oxygens (including phenoxy) is 3. The first-order valence-electron chi connectivity index (χ1n) is 28.4. The van der Waals surface area contributed by atoms with Crippen LogP contribution in [-0.4, -0.2) is 132 Å². The summed E-state index contributed by atoms with van der Waals surface area (Å²) in [5.74, 6) is -0.739. The van der Waals surface area contributed by atoms with Gasteiger partial charge in [-0.2, -0.15) is 5.10 Å². The molecule has 0 spiro atoms. The molecule has 19 nitrogen and oxygen atoms in total. The minimum Gasteiger partial charge on any atom is -0.491 e. The Labute approximate surface area is 473 Å². The van der Waals surface area contributed by atoms with Crippen molar-refractivity contribution in [2.45, 2.75) is 129 Å². The Morgan fingerprint density at radius 3 is 2.47 bits per heavy atom. The summed E-state index contributed by atoms with van der Waals surface area (Å²) in [6.45, 7) is 12.4. The van der Waals surface area contributed by atoms with E-state index in [9.17, 15) is 28.4 Å². The van der Waals surface area contributed by atoms with Crippen LogP contribution in [0.4, 0.5) is 15.9 Å². The first-order chi connectivity index (χ1) is 38.9. The zero-order valence-electron chi connectivity index (χ0n) is 47.7. The number of carbonyl (C=O) groups excluding carboxylic acids is 5. The van der Waals surface area contributed by atoms with E-state index >= 15 is 0 Å². The number of amides is 5. The lowest BCUT2D eigenvalue weighted by Gasteiger charge is -2.41. The predicted octanol–water partition coefficient (Wildman–Crippen LogP) is 6.11. The summed E-state index contributed by atoms with van der Waals surface area (Å²) in [6.07, 6.45) is 6.46.